The first-order valence-corrected chi connectivity index (χ1v) is 8.72. The molecule has 1 aromatic rings. The van der Waals surface area contributed by atoms with Gasteiger partial charge in [0.25, 0.3) is 0 Å². The first-order valence-electron chi connectivity index (χ1n) is 7.28. The zero-order valence-electron chi connectivity index (χ0n) is 12.8. The molecule has 0 spiro atoms. The Bertz CT molecular complexity index is 569. The average Bonchev–Trinajstić information content (AvgIpc) is 2.84. The van der Waals surface area contributed by atoms with E-state index < -0.39 is 22.2 Å². The molecule has 1 saturated heterocycles. The minimum absolute atomic E-state index is 0.275. The Morgan fingerprint density at radius 3 is 2.38 bits per heavy atom. The SMILES string of the molecule is CC(C)Cc1ccc(S(=O)(=O)N(C)[C@H]2CNC[C@@H]2O)cc1. The van der Waals surface area contributed by atoms with Gasteiger partial charge in [-0.15, -0.1) is 0 Å². The Hall–Kier alpha value is -0.950. The predicted octanol–water partition coefficient (Wildman–Crippen LogP) is 0.838. The fraction of sp³-hybridized carbons (Fsp3) is 0.600. The molecule has 1 aromatic carbocycles. The number of hydrogen-bond acceptors (Lipinski definition) is 4. The van der Waals surface area contributed by atoms with Gasteiger partial charge in [-0.3, -0.25) is 0 Å². The molecule has 0 aliphatic carbocycles. The van der Waals surface area contributed by atoms with Crippen LogP contribution in [-0.4, -0.2) is 50.1 Å². The van der Waals surface area contributed by atoms with Gasteiger partial charge in [-0.25, -0.2) is 8.42 Å². The topological polar surface area (TPSA) is 69.6 Å². The van der Waals surface area contributed by atoms with Crippen LogP contribution in [0.15, 0.2) is 29.2 Å². The molecule has 118 valence electrons. The van der Waals surface area contributed by atoms with Crippen molar-refractivity contribution < 1.29 is 13.5 Å². The maximum absolute atomic E-state index is 12.6. The number of aliphatic hydroxyl groups is 1. The van der Waals surface area contributed by atoms with Gasteiger partial charge in [0.2, 0.25) is 10.0 Å². The Kier molecular flexibility index (Phi) is 5.03. The van der Waals surface area contributed by atoms with E-state index in [0.717, 1.165) is 12.0 Å². The number of sulfonamides is 1. The van der Waals surface area contributed by atoms with Crippen molar-refractivity contribution in [3.05, 3.63) is 29.8 Å². The molecule has 6 heteroatoms. The van der Waals surface area contributed by atoms with Gasteiger partial charge in [-0.1, -0.05) is 26.0 Å². The highest BCUT2D eigenvalue weighted by Crippen LogP contribution is 2.20. The molecule has 0 bridgehead atoms. The maximum Gasteiger partial charge on any atom is 0.243 e. The van der Waals surface area contributed by atoms with Crippen LogP contribution in [0.4, 0.5) is 0 Å². The highest BCUT2D eigenvalue weighted by Gasteiger charge is 2.35. The van der Waals surface area contributed by atoms with Crippen molar-refractivity contribution in [2.45, 2.75) is 37.3 Å². The number of nitrogens with zero attached hydrogens (tertiary/aromatic N) is 1. The molecule has 0 radical (unpaired) electrons. The van der Waals surface area contributed by atoms with Gasteiger partial charge < -0.3 is 10.4 Å². The molecule has 0 unspecified atom stereocenters. The summed E-state index contributed by atoms with van der Waals surface area (Å²) in [6, 6.07) is 6.62. The summed E-state index contributed by atoms with van der Waals surface area (Å²) in [7, 11) is -2.04. The normalized spacial score (nSPS) is 23.1. The van der Waals surface area contributed by atoms with E-state index in [1.807, 2.05) is 12.1 Å². The van der Waals surface area contributed by atoms with Crippen LogP contribution in [0.5, 0.6) is 0 Å². The lowest BCUT2D eigenvalue weighted by molar-refractivity contribution is 0.136. The van der Waals surface area contributed by atoms with E-state index in [2.05, 4.69) is 19.2 Å². The van der Waals surface area contributed by atoms with E-state index in [-0.39, 0.29) is 4.90 Å². The van der Waals surface area contributed by atoms with Gasteiger partial charge in [0.1, 0.15) is 0 Å². The van der Waals surface area contributed by atoms with E-state index in [9.17, 15) is 13.5 Å². The van der Waals surface area contributed by atoms with Crippen molar-refractivity contribution >= 4 is 10.0 Å². The van der Waals surface area contributed by atoms with Crippen LogP contribution in [0.3, 0.4) is 0 Å². The monoisotopic (exact) mass is 312 g/mol. The quantitative estimate of drug-likeness (QED) is 0.845. The molecule has 1 fully saturated rings. The molecule has 1 aliphatic rings. The van der Waals surface area contributed by atoms with Crippen molar-refractivity contribution in [2.75, 3.05) is 20.1 Å². The summed E-state index contributed by atoms with van der Waals surface area (Å²) < 4.78 is 26.4. The highest BCUT2D eigenvalue weighted by molar-refractivity contribution is 7.89. The van der Waals surface area contributed by atoms with Crippen LogP contribution in [0.2, 0.25) is 0 Å². The van der Waals surface area contributed by atoms with Crippen LogP contribution < -0.4 is 5.32 Å². The molecule has 2 N–H and O–H groups in total. The molecule has 21 heavy (non-hydrogen) atoms. The zero-order chi connectivity index (χ0) is 15.6. The minimum atomic E-state index is -3.57. The highest BCUT2D eigenvalue weighted by atomic mass is 32.2. The lowest BCUT2D eigenvalue weighted by atomic mass is 10.0. The minimum Gasteiger partial charge on any atom is -0.390 e. The lowest BCUT2D eigenvalue weighted by Gasteiger charge is -2.25. The summed E-state index contributed by atoms with van der Waals surface area (Å²) in [6.07, 6.45) is 0.270. The maximum atomic E-state index is 12.6. The smallest absolute Gasteiger partial charge is 0.243 e. The molecule has 0 saturated carbocycles. The molecular weight excluding hydrogens is 288 g/mol. The largest absolute Gasteiger partial charge is 0.390 e. The second-order valence-electron chi connectivity index (χ2n) is 6.06. The third-order valence-corrected chi connectivity index (χ3v) is 5.76. The van der Waals surface area contributed by atoms with Crippen molar-refractivity contribution in [3.8, 4) is 0 Å². The van der Waals surface area contributed by atoms with Crippen molar-refractivity contribution in [2.24, 2.45) is 5.92 Å². The summed E-state index contributed by atoms with van der Waals surface area (Å²) in [6.45, 7) is 5.17. The van der Waals surface area contributed by atoms with Crippen LogP contribution in [0.25, 0.3) is 0 Å². The summed E-state index contributed by atoms with van der Waals surface area (Å²) in [4.78, 5) is 0.275. The van der Waals surface area contributed by atoms with Crippen molar-refractivity contribution in [1.82, 2.24) is 9.62 Å². The Balaban J connectivity index is 2.19. The molecule has 0 amide bonds. The molecule has 5 nitrogen and oxygen atoms in total. The van der Waals surface area contributed by atoms with Crippen LogP contribution in [0.1, 0.15) is 19.4 Å². The number of aliphatic hydroxyl groups excluding tert-OH is 1. The van der Waals surface area contributed by atoms with Gasteiger partial charge in [0.15, 0.2) is 0 Å². The van der Waals surface area contributed by atoms with Gasteiger partial charge in [0.05, 0.1) is 17.0 Å². The predicted molar refractivity (Wildman–Crippen MR) is 82.6 cm³/mol. The first kappa shape index (κ1) is 16.4. The number of likely N-dealkylation sites (N-methyl/N-ethyl adjacent to an activating group) is 1. The summed E-state index contributed by atoms with van der Waals surface area (Å²) in [5.41, 5.74) is 1.13. The van der Waals surface area contributed by atoms with E-state index in [4.69, 9.17) is 0 Å². The van der Waals surface area contributed by atoms with Crippen LogP contribution >= 0.6 is 0 Å². The molecule has 1 heterocycles. The summed E-state index contributed by atoms with van der Waals surface area (Å²) in [5.74, 6) is 0.537. The van der Waals surface area contributed by atoms with Gasteiger partial charge in [0, 0.05) is 20.1 Å². The second-order valence-corrected chi connectivity index (χ2v) is 8.05. The Morgan fingerprint density at radius 2 is 1.90 bits per heavy atom. The van der Waals surface area contributed by atoms with Gasteiger partial charge in [-0.2, -0.15) is 4.31 Å². The fourth-order valence-corrected chi connectivity index (χ4v) is 4.02. The Labute approximate surface area is 127 Å². The third kappa shape index (κ3) is 3.63. The van der Waals surface area contributed by atoms with Crippen LogP contribution in [0, 0.1) is 5.92 Å². The lowest BCUT2D eigenvalue weighted by Crippen LogP contribution is -2.44. The number of benzene rings is 1. The molecular formula is C15H24N2O3S. The second kappa shape index (κ2) is 6.44. The number of β-amino-alcohol motifs (C(OH)–C–C–N with tert-alkyl or cyclic N) is 1. The number of nitrogens with one attached hydrogen (secondary N) is 1. The average molecular weight is 312 g/mol. The van der Waals surface area contributed by atoms with E-state index in [1.54, 1.807) is 12.1 Å². The third-order valence-electron chi connectivity index (χ3n) is 3.86. The van der Waals surface area contributed by atoms with Crippen molar-refractivity contribution in [3.63, 3.8) is 0 Å². The summed E-state index contributed by atoms with van der Waals surface area (Å²) in [5, 5.41) is 12.8. The number of rotatable bonds is 5. The standard InChI is InChI=1S/C15H24N2O3S/c1-11(2)8-12-4-6-13(7-5-12)21(19,20)17(3)14-9-16-10-15(14)18/h4-7,11,14-16,18H,8-10H2,1-3H3/t14-,15-/m0/s1. The van der Waals surface area contributed by atoms with E-state index >= 15 is 0 Å². The fourth-order valence-electron chi connectivity index (χ4n) is 2.64. The van der Waals surface area contributed by atoms with E-state index in [1.165, 1.54) is 11.4 Å². The first-order chi connectivity index (χ1) is 9.82. The van der Waals surface area contributed by atoms with Crippen LogP contribution in [-0.2, 0) is 16.4 Å². The molecule has 1 aliphatic heterocycles. The van der Waals surface area contributed by atoms with Gasteiger partial charge in [-0.05, 0) is 30.0 Å². The summed E-state index contributed by atoms with van der Waals surface area (Å²) >= 11 is 0. The van der Waals surface area contributed by atoms with Gasteiger partial charge >= 0.3 is 0 Å². The zero-order valence-corrected chi connectivity index (χ0v) is 13.6. The molecule has 0 aromatic heterocycles. The van der Waals surface area contributed by atoms with E-state index in [0.29, 0.717) is 19.0 Å². The molecule has 2 rings (SSSR count). The Morgan fingerprint density at radius 1 is 1.29 bits per heavy atom. The van der Waals surface area contributed by atoms with Crippen molar-refractivity contribution in [1.29, 1.82) is 0 Å². The molecule has 2 atom stereocenters. The number of hydrogen-bond donors (Lipinski definition) is 2.